The predicted octanol–water partition coefficient (Wildman–Crippen LogP) is 2.91. The van der Waals surface area contributed by atoms with E-state index in [2.05, 4.69) is 6.92 Å². The van der Waals surface area contributed by atoms with Crippen LogP contribution in [0.1, 0.15) is 30.6 Å². The first-order chi connectivity index (χ1) is 6.27. The fourth-order valence-corrected chi connectivity index (χ4v) is 1.45. The van der Waals surface area contributed by atoms with E-state index in [9.17, 15) is 5.11 Å². The van der Waals surface area contributed by atoms with E-state index in [4.69, 9.17) is 11.6 Å². The molecule has 1 unspecified atom stereocenters. The van der Waals surface area contributed by atoms with E-state index in [1.54, 1.807) is 0 Å². The fourth-order valence-electron chi connectivity index (χ4n) is 1.25. The molecule has 0 radical (unpaired) electrons. The van der Waals surface area contributed by atoms with Gasteiger partial charge in [-0.05, 0) is 24.0 Å². The molecule has 1 nitrogen and oxygen atoms in total. The Morgan fingerprint density at radius 3 is 2.38 bits per heavy atom. The van der Waals surface area contributed by atoms with Crippen molar-refractivity contribution >= 4 is 11.6 Å². The maximum Gasteiger partial charge on any atom is 0.0801 e. The third kappa shape index (κ3) is 3.02. The zero-order chi connectivity index (χ0) is 9.68. The molecule has 0 aliphatic carbocycles. The Morgan fingerprint density at radius 2 is 1.92 bits per heavy atom. The van der Waals surface area contributed by atoms with Crippen molar-refractivity contribution in [3.8, 4) is 0 Å². The lowest BCUT2D eigenvalue weighted by Crippen LogP contribution is -1.97. The molecule has 1 rings (SSSR count). The predicted molar refractivity (Wildman–Crippen MR) is 56.1 cm³/mol. The summed E-state index contributed by atoms with van der Waals surface area (Å²) in [4.78, 5) is 0. The molecule has 0 aromatic heterocycles. The number of aliphatic hydroxyl groups is 1. The Labute approximate surface area is 84.4 Å². The molecule has 1 N–H and O–H groups in total. The first kappa shape index (κ1) is 10.6. The van der Waals surface area contributed by atoms with Gasteiger partial charge in [0.15, 0.2) is 0 Å². The van der Waals surface area contributed by atoms with Crippen LogP contribution >= 0.6 is 11.6 Å². The first-order valence-corrected chi connectivity index (χ1v) is 5.14. The SMILES string of the molecule is CCc1ccc(C(O)CCCl)cc1. The summed E-state index contributed by atoms with van der Waals surface area (Å²) in [5.41, 5.74) is 2.25. The van der Waals surface area contributed by atoms with Crippen molar-refractivity contribution in [2.75, 3.05) is 5.88 Å². The highest BCUT2D eigenvalue weighted by Gasteiger charge is 2.05. The average Bonchev–Trinajstić information content (AvgIpc) is 2.18. The molecule has 0 saturated heterocycles. The molecule has 0 saturated carbocycles. The van der Waals surface area contributed by atoms with Crippen molar-refractivity contribution in [2.24, 2.45) is 0 Å². The molecule has 1 aromatic rings. The maximum atomic E-state index is 9.60. The molecular formula is C11H15ClO. The highest BCUT2D eigenvalue weighted by Crippen LogP contribution is 2.17. The molecule has 13 heavy (non-hydrogen) atoms. The van der Waals surface area contributed by atoms with Gasteiger partial charge in [-0.2, -0.15) is 0 Å². The Morgan fingerprint density at radius 1 is 1.31 bits per heavy atom. The molecule has 0 aliphatic heterocycles. The van der Waals surface area contributed by atoms with Gasteiger partial charge in [-0.3, -0.25) is 0 Å². The molecule has 0 spiro atoms. The molecule has 72 valence electrons. The summed E-state index contributed by atoms with van der Waals surface area (Å²) in [5.74, 6) is 0.497. The molecule has 0 fully saturated rings. The van der Waals surface area contributed by atoms with Crippen molar-refractivity contribution in [3.63, 3.8) is 0 Å². The smallest absolute Gasteiger partial charge is 0.0801 e. The molecule has 1 atom stereocenters. The van der Waals surface area contributed by atoms with Gasteiger partial charge in [0, 0.05) is 5.88 Å². The van der Waals surface area contributed by atoms with Crippen molar-refractivity contribution in [3.05, 3.63) is 35.4 Å². The maximum absolute atomic E-state index is 9.60. The van der Waals surface area contributed by atoms with Gasteiger partial charge in [-0.25, -0.2) is 0 Å². The summed E-state index contributed by atoms with van der Waals surface area (Å²) < 4.78 is 0. The van der Waals surface area contributed by atoms with Gasteiger partial charge in [0.1, 0.15) is 0 Å². The Hall–Kier alpha value is -0.530. The lowest BCUT2D eigenvalue weighted by Gasteiger charge is -2.09. The third-order valence-electron chi connectivity index (χ3n) is 2.16. The second kappa shape index (κ2) is 5.25. The van der Waals surface area contributed by atoms with Crippen LogP contribution in [0.2, 0.25) is 0 Å². The second-order valence-corrected chi connectivity index (χ2v) is 3.47. The van der Waals surface area contributed by atoms with Crippen LogP contribution in [0.25, 0.3) is 0 Å². The molecule has 0 bridgehead atoms. The number of aliphatic hydroxyl groups excluding tert-OH is 1. The van der Waals surface area contributed by atoms with Crippen molar-refractivity contribution < 1.29 is 5.11 Å². The highest BCUT2D eigenvalue weighted by atomic mass is 35.5. The normalized spacial score (nSPS) is 12.8. The number of hydrogen-bond acceptors (Lipinski definition) is 1. The zero-order valence-electron chi connectivity index (χ0n) is 7.83. The number of rotatable bonds is 4. The number of hydrogen-bond donors (Lipinski definition) is 1. The summed E-state index contributed by atoms with van der Waals surface area (Å²) in [5, 5.41) is 9.60. The second-order valence-electron chi connectivity index (χ2n) is 3.09. The van der Waals surface area contributed by atoms with Crippen LogP contribution in [0.3, 0.4) is 0 Å². The molecule has 0 aliphatic rings. The lowest BCUT2D eigenvalue weighted by molar-refractivity contribution is 0.174. The van der Waals surface area contributed by atoms with Crippen molar-refractivity contribution in [2.45, 2.75) is 25.9 Å². The Balaban J connectivity index is 2.67. The minimum absolute atomic E-state index is 0.414. The third-order valence-corrected chi connectivity index (χ3v) is 2.37. The quantitative estimate of drug-likeness (QED) is 0.738. The van der Waals surface area contributed by atoms with E-state index in [-0.39, 0.29) is 0 Å². The summed E-state index contributed by atoms with van der Waals surface area (Å²) in [7, 11) is 0. The number of alkyl halides is 1. The summed E-state index contributed by atoms with van der Waals surface area (Å²) in [6, 6.07) is 8.03. The number of benzene rings is 1. The van der Waals surface area contributed by atoms with Gasteiger partial charge in [0.25, 0.3) is 0 Å². The van der Waals surface area contributed by atoms with Gasteiger partial charge in [0.05, 0.1) is 6.10 Å². The van der Waals surface area contributed by atoms with Crippen molar-refractivity contribution in [1.82, 2.24) is 0 Å². The topological polar surface area (TPSA) is 20.2 Å². The van der Waals surface area contributed by atoms with E-state index in [0.717, 1.165) is 12.0 Å². The van der Waals surface area contributed by atoms with Crippen LogP contribution in [-0.4, -0.2) is 11.0 Å². The molecular weight excluding hydrogens is 184 g/mol. The molecule has 0 amide bonds. The lowest BCUT2D eigenvalue weighted by atomic mass is 10.0. The molecule has 0 heterocycles. The standard InChI is InChI=1S/C11H15ClO/c1-2-9-3-5-10(6-4-9)11(13)7-8-12/h3-6,11,13H,2,7-8H2,1H3. The number of aryl methyl sites for hydroxylation is 1. The summed E-state index contributed by atoms with van der Waals surface area (Å²) in [6.07, 6.45) is 1.24. The summed E-state index contributed by atoms with van der Waals surface area (Å²) in [6.45, 7) is 2.12. The highest BCUT2D eigenvalue weighted by molar-refractivity contribution is 6.17. The van der Waals surface area contributed by atoms with Gasteiger partial charge in [0.2, 0.25) is 0 Å². The largest absolute Gasteiger partial charge is 0.388 e. The minimum Gasteiger partial charge on any atom is -0.388 e. The number of halogens is 1. The van der Waals surface area contributed by atoms with E-state index in [0.29, 0.717) is 12.3 Å². The monoisotopic (exact) mass is 198 g/mol. The van der Waals surface area contributed by atoms with E-state index in [1.807, 2.05) is 24.3 Å². The van der Waals surface area contributed by atoms with Gasteiger partial charge in [-0.15, -0.1) is 11.6 Å². The van der Waals surface area contributed by atoms with Crippen LogP contribution in [0.5, 0.6) is 0 Å². The van der Waals surface area contributed by atoms with Gasteiger partial charge in [-0.1, -0.05) is 31.2 Å². The first-order valence-electron chi connectivity index (χ1n) is 4.60. The van der Waals surface area contributed by atoms with E-state index < -0.39 is 6.10 Å². The van der Waals surface area contributed by atoms with Crippen LogP contribution in [0.15, 0.2) is 24.3 Å². The Bertz CT molecular complexity index is 243. The minimum atomic E-state index is -0.414. The summed E-state index contributed by atoms with van der Waals surface area (Å²) >= 11 is 5.54. The Kier molecular flexibility index (Phi) is 4.26. The van der Waals surface area contributed by atoms with Crippen LogP contribution in [0, 0.1) is 0 Å². The van der Waals surface area contributed by atoms with Crippen LogP contribution < -0.4 is 0 Å². The van der Waals surface area contributed by atoms with E-state index in [1.165, 1.54) is 5.56 Å². The zero-order valence-corrected chi connectivity index (χ0v) is 8.59. The van der Waals surface area contributed by atoms with Crippen molar-refractivity contribution in [1.29, 1.82) is 0 Å². The van der Waals surface area contributed by atoms with Gasteiger partial charge < -0.3 is 5.11 Å². The van der Waals surface area contributed by atoms with Crippen LogP contribution in [0.4, 0.5) is 0 Å². The molecule has 1 aromatic carbocycles. The van der Waals surface area contributed by atoms with E-state index >= 15 is 0 Å². The average molecular weight is 199 g/mol. The van der Waals surface area contributed by atoms with Crippen LogP contribution in [-0.2, 0) is 6.42 Å². The van der Waals surface area contributed by atoms with Gasteiger partial charge >= 0.3 is 0 Å². The fraction of sp³-hybridized carbons (Fsp3) is 0.455. The molecule has 2 heteroatoms.